The molecule has 0 saturated heterocycles. The van der Waals surface area contributed by atoms with E-state index in [1.165, 1.54) is 0 Å². The van der Waals surface area contributed by atoms with E-state index in [4.69, 9.17) is 21.1 Å². The fraction of sp³-hybridized carbons (Fsp3) is 0.235. The third-order valence-electron chi connectivity index (χ3n) is 3.33. The summed E-state index contributed by atoms with van der Waals surface area (Å²) in [4.78, 5) is 11.9. The quantitative estimate of drug-likeness (QED) is 0.879. The van der Waals surface area contributed by atoms with Gasteiger partial charge in [0.2, 0.25) is 5.91 Å². The molecule has 0 unspecified atom stereocenters. The lowest BCUT2D eigenvalue weighted by atomic mass is 10.2. The molecule has 5 nitrogen and oxygen atoms in total. The van der Waals surface area contributed by atoms with Gasteiger partial charge in [-0.2, -0.15) is 0 Å². The van der Waals surface area contributed by atoms with Crippen molar-refractivity contribution in [3.8, 4) is 11.5 Å². The predicted octanol–water partition coefficient (Wildman–Crippen LogP) is 3.55. The van der Waals surface area contributed by atoms with Crippen LogP contribution in [0.4, 0.5) is 11.4 Å². The van der Waals surface area contributed by atoms with Crippen molar-refractivity contribution in [3.05, 3.63) is 47.5 Å². The second-order valence-corrected chi connectivity index (χ2v) is 5.53. The minimum absolute atomic E-state index is 0.0719. The summed E-state index contributed by atoms with van der Waals surface area (Å²) in [5, 5.41) is 6.61. The Bertz CT molecular complexity index is 706. The largest absolute Gasteiger partial charge is 0.486 e. The Labute approximate surface area is 139 Å². The minimum Gasteiger partial charge on any atom is -0.486 e. The van der Waals surface area contributed by atoms with Crippen molar-refractivity contribution in [2.24, 2.45) is 0 Å². The van der Waals surface area contributed by atoms with Gasteiger partial charge in [0.05, 0.1) is 0 Å². The van der Waals surface area contributed by atoms with Gasteiger partial charge in [-0.05, 0) is 30.3 Å². The average molecular weight is 333 g/mol. The van der Waals surface area contributed by atoms with E-state index in [0.717, 1.165) is 17.2 Å². The molecule has 2 aromatic carbocycles. The molecule has 2 N–H and O–H groups in total. The number of halogens is 1. The van der Waals surface area contributed by atoms with Gasteiger partial charge in [0.25, 0.3) is 0 Å². The summed E-state index contributed by atoms with van der Waals surface area (Å²) in [5.74, 6) is 1.41. The van der Waals surface area contributed by atoms with E-state index in [1.807, 2.05) is 18.2 Å². The zero-order chi connectivity index (χ0) is 16.1. The van der Waals surface area contributed by atoms with Gasteiger partial charge < -0.3 is 20.1 Å². The number of ether oxygens (including phenoxy) is 2. The molecule has 23 heavy (non-hydrogen) atoms. The van der Waals surface area contributed by atoms with Gasteiger partial charge in [-0.3, -0.25) is 4.79 Å². The highest BCUT2D eigenvalue weighted by molar-refractivity contribution is 6.30. The Morgan fingerprint density at radius 3 is 2.70 bits per heavy atom. The van der Waals surface area contributed by atoms with Crippen molar-refractivity contribution >= 4 is 28.9 Å². The standard InChI is InChI=1S/C17H17ClN2O3/c18-12-2-1-3-14(10-12)20-17(21)6-7-19-13-4-5-15-16(11-13)23-9-8-22-15/h1-5,10-11,19H,6-9H2,(H,20,21). The van der Waals surface area contributed by atoms with Crippen LogP contribution in [0, 0.1) is 0 Å². The predicted molar refractivity (Wildman–Crippen MR) is 90.6 cm³/mol. The maximum Gasteiger partial charge on any atom is 0.226 e. The molecular formula is C17H17ClN2O3. The number of hydrogen-bond donors (Lipinski definition) is 2. The maximum absolute atomic E-state index is 11.9. The van der Waals surface area contributed by atoms with Gasteiger partial charge in [0.1, 0.15) is 13.2 Å². The van der Waals surface area contributed by atoms with Crippen molar-refractivity contribution in [3.63, 3.8) is 0 Å². The first-order chi connectivity index (χ1) is 11.2. The number of fused-ring (bicyclic) bond motifs is 1. The van der Waals surface area contributed by atoms with Crippen LogP contribution in [-0.4, -0.2) is 25.7 Å². The van der Waals surface area contributed by atoms with Gasteiger partial charge in [-0.25, -0.2) is 0 Å². The third kappa shape index (κ3) is 4.29. The Hall–Kier alpha value is -2.40. The first-order valence-electron chi connectivity index (χ1n) is 7.40. The van der Waals surface area contributed by atoms with Crippen LogP contribution in [0.3, 0.4) is 0 Å². The monoisotopic (exact) mass is 332 g/mol. The molecular weight excluding hydrogens is 316 g/mol. The highest BCUT2D eigenvalue weighted by Crippen LogP contribution is 2.32. The molecule has 1 amide bonds. The van der Waals surface area contributed by atoms with E-state index in [-0.39, 0.29) is 5.91 Å². The van der Waals surface area contributed by atoms with Crippen LogP contribution in [0.5, 0.6) is 11.5 Å². The molecule has 0 spiro atoms. The van der Waals surface area contributed by atoms with Crippen molar-refractivity contribution in [2.75, 3.05) is 30.4 Å². The molecule has 1 aliphatic rings. The van der Waals surface area contributed by atoms with E-state index >= 15 is 0 Å². The molecule has 0 saturated carbocycles. The number of carbonyl (C=O) groups excluding carboxylic acids is 1. The normalized spacial score (nSPS) is 12.6. The lowest BCUT2D eigenvalue weighted by molar-refractivity contribution is -0.115. The summed E-state index contributed by atoms with van der Waals surface area (Å²) >= 11 is 5.88. The lowest BCUT2D eigenvalue weighted by Gasteiger charge is -2.19. The summed E-state index contributed by atoms with van der Waals surface area (Å²) in [6.45, 7) is 1.65. The number of carbonyl (C=O) groups is 1. The van der Waals surface area contributed by atoms with Crippen molar-refractivity contribution in [1.82, 2.24) is 0 Å². The number of anilines is 2. The Morgan fingerprint density at radius 1 is 1.04 bits per heavy atom. The van der Waals surface area contributed by atoms with Gasteiger partial charge in [-0.1, -0.05) is 17.7 Å². The highest BCUT2D eigenvalue weighted by atomic mass is 35.5. The topological polar surface area (TPSA) is 59.6 Å². The van der Waals surface area contributed by atoms with Crippen LogP contribution >= 0.6 is 11.6 Å². The van der Waals surface area contributed by atoms with E-state index < -0.39 is 0 Å². The summed E-state index contributed by atoms with van der Waals surface area (Å²) in [6, 6.07) is 12.7. The molecule has 0 aromatic heterocycles. The van der Waals surface area contributed by atoms with Crippen molar-refractivity contribution < 1.29 is 14.3 Å². The molecule has 3 rings (SSSR count). The Morgan fingerprint density at radius 2 is 1.87 bits per heavy atom. The summed E-state index contributed by atoms with van der Waals surface area (Å²) in [6.07, 6.45) is 0.348. The van der Waals surface area contributed by atoms with Gasteiger partial charge in [-0.15, -0.1) is 0 Å². The van der Waals surface area contributed by atoms with E-state index in [2.05, 4.69) is 10.6 Å². The highest BCUT2D eigenvalue weighted by Gasteiger charge is 2.11. The fourth-order valence-corrected chi connectivity index (χ4v) is 2.45. The Balaban J connectivity index is 1.48. The molecule has 0 radical (unpaired) electrons. The number of rotatable bonds is 5. The van der Waals surface area contributed by atoms with Gasteiger partial charge >= 0.3 is 0 Å². The van der Waals surface area contributed by atoms with Crippen LogP contribution in [0.1, 0.15) is 6.42 Å². The second-order valence-electron chi connectivity index (χ2n) is 5.09. The lowest BCUT2D eigenvalue weighted by Crippen LogP contribution is -2.17. The minimum atomic E-state index is -0.0719. The summed E-state index contributed by atoms with van der Waals surface area (Å²) in [5.41, 5.74) is 1.59. The number of amides is 1. The maximum atomic E-state index is 11.9. The van der Waals surface area contributed by atoms with E-state index in [0.29, 0.717) is 36.9 Å². The van der Waals surface area contributed by atoms with Gasteiger partial charge in [0, 0.05) is 35.4 Å². The van der Waals surface area contributed by atoms with Crippen molar-refractivity contribution in [2.45, 2.75) is 6.42 Å². The second kappa shape index (κ2) is 7.24. The van der Waals surface area contributed by atoms with Crippen LogP contribution in [0.25, 0.3) is 0 Å². The van der Waals surface area contributed by atoms with Crippen LogP contribution in [-0.2, 0) is 4.79 Å². The number of nitrogens with one attached hydrogen (secondary N) is 2. The molecule has 0 fully saturated rings. The van der Waals surface area contributed by atoms with Crippen LogP contribution < -0.4 is 20.1 Å². The van der Waals surface area contributed by atoms with Gasteiger partial charge in [0.15, 0.2) is 11.5 Å². The zero-order valence-corrected chi connectivity index (χ0v) is 13.2. The van der Waals surface area contributed by atoms with E-state index in [9.17, 15) is 4.79 Å². The number of benzene rings is 2. The van der Waals surface area contributed by atoms with Crippen LogP contribution in [0.2, 0.25) is 5.02 Å². The first-order valence-corrected chi connectivity index (χ1v) is 7.77. The molecule has 0 bridgehead atoms. The molecule has 0 aliphatic carbocycles. The van der Waals surface area contributed by atoms with Crippen LogP contribution in [0.15, 0.2) is 42.5 Å². The van der Waals surface area contributed by atoms with Crippen molar-refractivity contribution in [1.29, 1.82) is 0 Å². The molecule has 1 heterocycles. The fourth-order valence-electron chi connectivity index (χ4n) is 2.26. The smallest absolute Gasteiger partial charge is 0.226 e. The number of hydrogen-bond acceptors (Lipinski definition) is 4. The first kappa shape index (κ1) is 15.5. The average Bonchev–Trinajstić information content (AvgIpc) is 2.55. The molecule has 120 valence electrons. The Kier molecular flexibility index (Phi) is 4.88. The molecule has 2 aromatic rings. The molecule has 1 aliphatic heterocycles. The molecule has 0 atom stereocenters. The third-order valence-corrected chi connectivity index (χ3v) is 3.57. The van der Waals surface area contributed by atoms with E-state index in [1.54, 1.807) is 24.3 Å². The summed E-state index contributed by atoms with van der Waals surface area (Å²) < 4.78 is 11.0. The molecule has 6 heteroatoms. The SMILES string of the molecule is O=C(CCNc1ccc2c(c1)OCCO2)Nc1cccc(Cl)c1. The summed E-state index contributed by atoms with van der Waals surface area (Å²) in [7, 11) is 0. The zero-order valence-electron chi connectivity index (χ0n) is 12.5.